The van der Waals surface area contributed by atoms with Gasteiger partial charge in [0, 0.05) is 30.6 Å². The van der Waals surface area contributed by atoms with Gasteiger partial charge in [-0.05, 0) is 30.7 Å². The maximum Gasteiger partial charge on any atom is 0.137 e. The number of rotatable bonds is 5. The first-order valence-electron chi connectivity index (χ1n) is 8.41. The summed E-state index contributed by atoms with van der Waals surface area (Å²) in [4.78, 5) is 0. The molecule has 0 aliphatic carbocycles. The number of hydrogen-bond donors (Lipinski definition) is 3. The van der Waals surface area contributed by atoms with E-state index < -0.39 is 5.54 Å². The second kappa shape index (κ2) is 6.93. The van der Waals surface area contributed by atoms with Crippen molar-refractivity contribution in [1.82, 2.24) is 9.88 Å². The highest BCUT2D eigenvalue weighted by molar-refractivity contribution is 6.18. The van der Waals surface area contributed by atoms with Crippen molar-refractivity contribution >= 4 is 45.2 Å². The molecule has 0 saturated heterocycles. The van der Waals surface area contributed by atoms with Gasteiger partial charge >= 0.3 is 0 Å². The van der Waals surface area contributed by atoms with Crippen LogP contribution in [0.1, 0.15) is 12.5 Å². The number of furan rings is 1. The van der Waals surface area contributed by atoms with Gasteiger partial charge in [-0.3, -0.25) is 0 Å². The van der Waals surface area contributed by atoms with Crippen LogP contribution >= 0.6 is 12.4 Å². The van der Waals surface area contributed by atoms with Crippen molar-refractivity contribution in [3.63, 3.8) is 0 Å². The van der Waals surface area contributed by atoms with E-state index in [0.29, 0.717) is 6.54 Å². The summed E-state index contributed by atoms with van der Waals surface area (Å²) in [6.45, 7) is 2.13. The fraction of sp³-hybridized carbons (Fsp3) is 0.300. The minimum Gasteiger partial charge on any atom is -0.456 e. The fourth-order valence-corrected chi connectivity index (χ4v) is 3.40. The predicted molar refractivity (Wildman–Crippen MR) is 107 cm³/mol. The highest BCUT2D eigenvalue weighted by Crippen LogP contribution is 2.36. The summed E-state index contributed by atoms with van der Waals surface area (Å²) >= 11 is 0. The number of aliphatic hydroxyl groups is 2. The van der Waals surface area contributed by atoms with Crippen LogP contribution in [0.5, 0.6) is 0 Å². The van der Waals surface area contributed by atoms with E-state index in [0.717, 1.165) is 38.4 Å². The predicted octanol–water partition coefficient (Wildman–Crippen LogP) is 3.33. The van der Waals surface area contributed by atoms with Crippen molar-refractivity contribution in [2.75, 3.05) is 13.2 Å². The summed E-state index contributed by atoms with van der Waals surface area (Å²) in [5.41, 5.74) is 3.32. The van der Waals surface area contributed by atoms with Crippen LogP contribution in [0.2, 0.25) is 0 Å². The molecule has 6 heteroatoms. The first kappa shape index (κ1) is 18.7. The van der Waals surface area contributed by atoms with Crippen molar-refractivity contribution in [3.05, 3.63) is 48.2 Å². The van der Waals surface area contributed by atoms with E-state index in [1.54, 1.807) is 6.92 Å². The highest BCUT2D eigenvalue weighted by atomic mass is 35.5. The molecule has 0 atom stereocenters. The Labute approximate surface area is 157 Å². The van der Waals surface area contributed by atoms with Crippen LogP contribution < -0.4 is 5.32 Å². The van der Waals surface area contributed by atoms with Gasteiger partial charge in [0.05, 0.1) is 29.7 Å². The number of aryl methyl sites for hydroxylation is 1. The summed E-state index contributed by atoms with van der Waals surface area (Å²) in [5.74, 6) is 0. The van der Waals surface area contributed by atoms with Crippen LogP contribution in [0.4, 0.5) is 0 Å². The molecule has 0 unspecified atom stereocenters. The zero-order valence-corrected chi connectivity index (χ0v) is 15.6. The molecule has 2 aromatic heterocycles. The van der Waals surface area contributed by atoms with Gasteiger partial charge in [0.1, 0.15) is 11.2 Å². The topological polar surface area (TPSA) is 70.6 Å². The minimum atomic E-state index is -0.700. The van der Waals surface area contributed by atoms with Crippen LogP contribution in [0.15, 0.2) is 47.0 Å². The van der Waals surface area contributed by atoms with E-state index in [2.05, 4.69) is 28.2 Å². The molecular formula is C20H23ClN2O3. The summed E-state index contributed by atoms with van der Waals surface area (Å²) in [6.07, 6.45) is 2.09. The molecule has 26 heavy (non-hydrogen) atoms. The lowest BCUT2D eigenvalue weighted by atomic mass is 10.0. The average molecular weight is 375 g/mol. The lowest BCUT2D eigenvalue weighted by Crippen LogP contribution is -2.48. The number of nitrogens with zero attached hydrogens (tertiary/aromatic N) is 1. The van der Waals surface area contributed by atoms with Crippen LogP contribution in [0.25, 0.3) is 32.8 Å². The largest absolute Gasteiger partial charge is 0.456 e. The summed E-state index contributed by atoms with van der Waals surface area (Å²) in [5, 5.41) is 25.6. The van der Waals surface area contributed by atoms with Crippen LogP contribution in [-0.2, 0) is 13.6 Å². The van der Waals surface area contributed by atoms with Crippen LogP contribution in [0.3, 0.4) is 0 Å². The lowest BCUT2D eigenvalue weighted by molar-refractivity contribution is 0.103. The quantitative estimate of drug-likeness (QED) is 0.501. The van der Waals surface area contributed by atoms with E-state index in [1.165, 1.54) is 0 Å². The fourth-order valence-electron chi connectivity index (χ4n) is 3.40. The van der Waals surface area contributed by atoms with Gasteiger partial charge in [-0.25, -0.2) is 0 Å². The van der Waals surface area contributed by atoms with Gasteiger partial charge in [-0.1, -0.05) is 18.2 Å². The molecule has 0 radical (unpaired) electrons. The number of halogens is 1. The molecule has 2 heterocycles. The Balaban J connectivity index is 0.00000196. The van der Waals surface area contributed by atoms with E-state index in [4.69, 9.17) is 4.42 Å². The number of aliphatic hydroxyl groups excluding tert-OH is 2. The molecule has 0 aliphatic rings. The summed E-state index contributed by atoms with van der Waals surface area (Å²) in [6, 6.07) is 12.2. The van der Waals surface area contributed by atoms with E-state index in [-0.39, 0.29) is 25.6 Å². The van der Waals surface area contributed by atoms with Crippen LogP contribution in [0, 0.1) is 0 Å². The maximum atomic E-state index is 9.47. The third-order valence-electron chi connectivity index (χ3n) is 4.97. The van der Waals surface area contributed by atoms with E-state index >= 15 is 0 Å². The molecule has 0 bridgehead atoms. The average Bonchev–Trinajstić information content (AvgIpc) is 3.17. The Morgan fingerprint density at radius 1 is 1.04 bits per heavy atom. The van der Waals surface area contributed by atoms with Gasteiger partial charge in [0.25, 0.3) is 0 Å². The van der Waals surface area contributed by atoms with E-state index in [1.807, 2.05) is 31.3 Å². The monoisotopic (exact) mass is 374 g/mol. The number of aromatic nitrogens is 1. The third kappa shape index (κ3) is 2.87. The van der Waals surface area contributed by atoms with Crippen LogP contribution in [-0.4, -0.2) is 33.5 Å². The van der Waals surface area contributed by atoms with Crippen molar-refractivity contribution < 1.29 is 14.6 Å². The second-order valence-electron chi connectivity index (χ2n) is 6.93. The minimum absolute atomic E-state index is 0. The zero-order chi connectivity index (χ0) is 17.6. The molecule has 0 amide bonds. The SMILES string of the molecule is Cl.Cn1cc(CNC(C)(CO)CO)c2ccc3oc4ccccc4c3c21. The van der Waals surface area contributed by atoms with Gasteiger partial charge in [-0.15, -0.1) is 12.4 Å². The Morgan fingerprint density at radius 2 is 1.77 bits per heavy atom. The Hall–Kier alpha value is -2.05. The smallest absolute Gasteiger partial charge is 0.137 e. The number of hydrogen-bond acceptors (Lipinski definition) is 4. The molecule has 2 aromatic carbocycles. The van der Waals surface area contributed by atoms with Gasteiger partial charge in [0.15, 0.2) is 0 Å². The Morgan fingerprint density at radius 3 is 2.50 bits per heavy atom. The molecule has 0 aliphatic heterocycles. The zero-order valence-electron chi connectivity index (χ0n) is 14.8. The summed E-state index contributed by atoms with van der Waals surface area (Å²) < 4.78 is 8.10. The normalized spacial score (nSPS) is 12.2. The lowest BCUT2D eigenvalue weighted by Gasteiger charge is -2.26. The Kier molecular flexibility index (Phi) is 4.99. The van der Waals surface area contributed by atoms with Gasteiger partial charge in [-0.2, -0.15) is 0 Å². The van der Waals surface area contributed by atoms with Gasteiger partial charge < -0.3 is 24.5 Å². The maximum absolute atomic E-state index is 9.47. The van der Waals surface area contributed by atoms with Crippen molar-refractivity contribution in [2.45, 2.75) is 19.0 Å². The van der Waals surface area contributed by atoms with Crippen molar-refractivity contribution in [1.29, 1.82) is 0 Å². The van der Waals surface area contributed by atoms with E-state index in [9.17, 15) is 10.2 Å². The first-order chi connectivity index (χ1) is 12.1. The molecular weight excluding hydrogens is 352 g/mol. The molecule has 4 rings (SSSR count). The molecule has 0 spiro atoms. The number of para-hydroxylation sites is 1. The molecule has 3 N–H and O–H groups in total. The van der Waals surface area contributed by atoms with Gasteiger partial charge in [0.2, 0.25) is 0 Å². The van der Waals surface area contributed by atoms with Crippen molar-refractivity contribution in [2.24, 2.45) is 7.05 Å². The molecule has 0 saturated carbocycles. The number of nitrogens with one attached hydrogen (secondary N) is 1. The van der Waals surface area contributed by atoms with Crippen molar-refractivity contribution in [3.8, 4) is 0 Å². The molecule has 5 nitrogen and oxygen atoms in total. The first-order valence-corrected chi connectivity index (χ1v) is 8.41. The Bertz CT molecular complexity index is 1060. The highest BCUT2D eigenvalue weighted by Gasteiger charge is 2.22. The second-order valence-corrected chi connectivity index (χ2v) is 6.93. The number of benzene rings is 2. The molecule has 4 aromatic rings. The number of fused-ring (bicyclic) bond motifs is 5. The third-order valence-corrected chi connectivity index (χ3v) is 4.97. The molecule has 0 fully saturated rings. The summed E-state index contributed by atoms with van der Waals surface area (Å²) in [7, 11) is 2.03. The standard InChI is InChI=1S/C20H22N2O3.ClH/c1-20(11-23,12-24)21-9-13-10-22(2)19-14(13)7-8-17-18(19)15-5-3-4-6-16(15)25-17;/h3-8,10,21,23-24H,9,11-12H2,1-2H3;1H. The molecule has 138 valence electrons.